The van der Waals surface area contributed by atoms with E-state index in [1.165, 1.54) is 0 Å². The third-order valence-corrected chi connectivity index (χ3v) is 3.95. The second-order valence-electron chi connectivity index (χ2n) is 2.03. The van der Waals surface area contributed by atoms with Gasteiger partial charge in [0.15, 0.2) is 0 Å². The standard InChI is InChI=1S/C6H15N2OP.BrH/c1-3-10(4-2)5-6(9)8-7;/h3-5,7H2,1-2H3,(H,8,9);1H. The highest BCUT2D eigenvalue weighted by atomic mass is 79.9. The Morgan fingerprint density at radius 3 is 2.18 bits per heavy atom. The number of carbonyl (C=O) groups is 1. The average Bonchev–Trinajstić information content (AvgIpc) is 1.99. The largest absolute Gasteiger partial charge is 0.294 e. The lowest BCUT2D eigenvalue weighted by Gasteiger charge is -2.10. The van der Waals surface area contributed by atoms with Crippen LogP contribution in [0.2, 0.25) is 0 Å². The second kappa shape index (κ2) is 8.44. The molecule has 0 radical (unpaired) electrons. The van der Waals surface area contributed by atoms with Crippen LogP contribution in [-0.4, -0.2) is 24.4 Å². The molecule has 68 valence electrons. The molecule has 3 N–H and O–H groups in total. The predicted octanol–water partition coefficient (Wildman–Crippen LogP) is 1.08. The molecule has 0 aromatic rings. The van der Waals surface area contributed by atoms with Crippen molar-refractivity contribution in [2.24, 2.45) is 5.84 Å². The smallest absolute Gasteiger partial charge is 0.238 e. The number of rotatable bonds is 4. The molecule has 11 heavy (non-hydrogen) atoms. The zero-order chi connectivity index (χ0) is 7.98. The number of carbonyl (C=O) groups excluding carboxylic acids is 1. The summed E-state index contributed by atoms with van der Waals surface area (Å²) in [6.45, 7) is 4.22. The van der Waals surface area contributed by atoms with Gasteiger partial charge in [0, 0.05) is 6.16 Å². The van der Waals surface area contributed by atoms with E-state index in [-0.39, 0.29) is 30.8 Å². The van der Waals surface area contributed by atoms with Crippen LogP contribution in [0.5, 0.6) is 0 Å². The maximum Gasteiger partial charge on any atom is 0.238 e. The van der Waals surface area contributed by atoms with Crippen molar-refractivity contribution < 1.29 is 4.79 Å². The Morgan fingerprint density at radius 1 is 1.45 bits per heavy atom. The fourth-order valence-electron chi connectivity index (χ4n) is 0.696. The van der Waals surface area contributed by atoms with Crippen molar-refractivity contribution in [3.63, 3.8) is 0 Å². The van der Waals surface area contributed by atoms with E-state index >= 15 is 0 Å². The van der Waals surface area contributed by atoms with Crippen LogP contribution in [0.3, 0.4) is 0 Å². The Balaban J connectivity index is 0. The van der Waals surface area contributed by atoms with Crippen molar-refractivity contribution in [1.29, 1.82) is 0 Å². The van der Waals surface area contributed by atoms with Crippen molar-refractivity contribution in [3.8, 4) is 0 Å². The lowest BCUT2D eigenvalue weighted by molar-refractivity contribution is -0.118. The minimum Gasteiger partial charge on any atom is -0.294 e. The SMILES string of the molecule is Br.CCP(CC)CC(=O)NN. The Hall–Kier alpha value is 0.340. The summed E-state index contributed by atoms with van der Waals surface area (Å²) in [5.74, 6) is 4.91. The molecule has 3 nitrogen and oxygen atoms in total. The molecule has 0 saturated heterocycles. The number of hydrazine groups is 1. The first kappa shape index (κ1) is 13.9. The molecule has 0 aliphatic heterocycles. The molecule has 0 aromatic carbocycles. The molecule has 0 rings (SSSR count). The molecular weight excluding hydrogens is 227 g/mol. The Morgan fingerprint density at radius 2 is 1.91 bits per heavy atom. The summed E-state index contributed by atoms with van der Waals surface area (Å²) in [6, 6.07) is 0. The van der Waals surface area contributed by atoms with Gasteiger partial charge in [0.2, 0.25) is 5.91 Å². The van der Waals surface area contributed by atoms with E-state index in [4.69, 9.17) is 5.84 Å². The van der Waals surface area contributed by atoms with E-state index in [1.54, 1.807) is 0 Å². The fourth-order valence-corrected chi connectivity index (χ4v) is 2.09. The lowest BCUT2D eigenvalue weighted by atomic mass is 10.7. The van der Waals surface area contributed by atoms with Crippen LogP contribution in [0, 0.1) is 0 Å². The number of nitrogens with one attached hydrogen (secondary N) is 1. The summed E-state index contributed by atoms with van der Waals surface area (Å²) in [6.07, 6.45) is 2.84. The van der Waals surface area contributed by atoms with Crippen LogP contribution in [0.15, 0.2) is 0 Å². The highest BCUT2D eigenvalue weighted by molar-refractivity contribution is 8.93. The maximum atomic E-state index is 10.7. The summed E-state index contributed by atoms with van der Waals surface area (Å²) >= 11 is 0. The summed E-state index contributed by atoms with van der Waals surface area (Å²) < 4.78 is 0. The minimum absolute atomic E-state index is 0. The van der Waals surface area contributed by atoms with E-state index in [1.807, 2.05) is 0 Å². The van der Waals surface area contributed by atoms with Crippen molar-refractivity contribution in [2.45, 2.75) is 13.8 Å². The number of amides is 1. The third-order valence-electron chi connectivity index (χ3n) is 1.42. The maximum absolute atomic E-state index is 10.7. The summed E-state index contributed by atoms with van der Waals surface area (Å²) in [7, 11) is -0.0935. The normalized spacial score (nSPS) is 9.09. The van der Waals surface area contributed by atoms with Gasteiger partial charge in [-0.1, -0.05) is 21.8 Å². The van der Waals surface area contributed by atoms with E-state index in [0.29, 0.717) is 6.16 Å². The zero-order valence-electron chi connectivity index (χ0n) is 6.96. The molecule has 0 heterocycles. The second-order valence-corrected chi connectivity index (χ2v) is 4.95. The highest BCUT2D eigenvalue weighted by Crippen LogP contribution is 2.32. The van der Waals surface area contributed by atoms with Crippen LogP contribution < -0.4 is 11.3 Å². The predicted molar refractivity (Wildman–Crippen MR) is 55.5 cm³/mol. The number of hydrogen-bond donors (Lipinski definition) is 2. The molecule has 0 aliphatic rings. The summed E-state index contributed by atoms with van der Waals surface area (Å²) in [5.41, 5.74) is 2.14. The Bertz CT molecular complexity index is 109. The van der Waals surface area contributed by atoms with Gasteiger partial charge in [0.25, 0.3) is 0 Å². The molecule has 0 aromatic heterocycles. The van der Waals surface area contributed by atoms with E-state index in [2.05, 4.69) is 19.3 Å². The van der Waals surface area contributed by atoms with Crippen LogP contribution in [0.1, 0.15) is 13.8 Å². The van der Waals surface area contributed by atoms with Crippen molar-refractivity contribution in [1.82, 2.24) is 5.43 Å². The van der Waals surface area contributed by atoms with Gasteiger partial charge in [-0.2, -0.15) is 0 Å². The monoisotopic (exact) mass is 242 g/mol. The summed E-state index contributed by atoms with van der Waals surface area (Å²) in [5, 5.41) is 0. The van der Waals surface area contributed by atoms with Crippen molar-refractivity contribution in [2.75, 3.05) is 18.5 Å². The minimum atomic E-state index is -0.0935. The first-order valence-electron chi connectivity index (χ1n) is 3.46. The van der Waals surface area contributed by atoms with Gasteiger partial charge in [-0.3, -0.25) is 10.2 Å². The van der Waals surface area contributed by atoms with Gasteiger partial charge >= 0.3 is 0 Å². The fraction of sp³-hybridized carbons (Fsp3) is 0.833. The van der Waals surface area contributed by atoms with Crippen molar-refractivity contribution in [3.05, 3.63) is 0 Å². The molecule has 0 atom stereocenters. The van der Waals surface area contributed by atoms with E-state index in [0.717, 1.165) is 12.3 Å². The van der Waals surface area contributed by atoms with Gasteiger partial charge < -0.3 is 0 Å². The molecule has 0 unspecified atom stereocenters. The third kappa shape index (κ3) is 6.73. The quantitative estimate of drug-likeness (QED) is 0.336. The van der Waals surface area contributed by atoms with Crippen LogP contribution in [0.4, 0.5) is 0 Å². The van der Waals surface area contributed by atoms with E-state index < -0.39 is 0 Å². The molecule has 0 fully saturated rings. The Kier molecular flexibility index (Phi) is 10.7. The number of halogens is 1. The van der Waals surface area contributed by atoms with Gasteiger partial charge in [0.1, 0.15) is 0 Å². The zero-order valence-corrected chi connectivity index (χ0v) is 9.57. The summed E-state index contributed by atoms with van der Waals surface area (Å²) in [4.78, 5) is 10.7. The highest BCUT2D eigenvalue weighted by Gasteiger charge is 2.06. The first-order chi connectivity index (χ1) is 4.74. The molecule has 0 spiro atoms. The average molecular weight is 243 g/mol. The van der Waals surface area contributed by atoms with Gasteiger partial charge in [-0.25, -0.2) is 5.84 Å². The molecule has 5 heteroatoms. The van der Waals surface area contributed by atoms with Crippen LogP contribution >= 0.6 is 24.9 Å². The topological polar surface area (TPSA) is 55.1 Å². The van der Waals surface area contributed by atoms with Gasteiger partial charge in [-0.15, -0.1) is 17.0 Å². The molecule has 1 amide bonds. The molecule has 0 aliphatic carbocycles. The van der Waals surface area contributed by atoms with Gasteiger partial charge in [0.05, 0.1) is 0 Å². The van der Waals surface area contributed by atoms with Crippen LogP contribution in [-0.2, 0) is 4.79 Å². The molecular formula is C6H16BrN2OP. The first-order valence-corrected chi connectivity index (χ1v) is 5.36. The van der Waals surface area contributed by atoms with Crippen molar-refractivity contribution >= 4 is 30.8 Å². The van der Waals surface area contributed by atoms with E-state index in [9.17, 15) is 4.79 Å². The Labute approximate surface area is 79.6 Å². The number of nitrogens with two attached hydrogens (primary N) is 1. The molecule has 0 saturated carbocycles. The lowest BCUT2D eigenvalue weighted by Crippen LogP contribution is -2.32. The van der Waals surface area contributed by atoms with Crippen LogP contribution in [0.25, 0.3) is 0 Å². The number of hydrogen-bond acceptors (Lipinski definition) is 2. The molecule has 0 bridgehead atoms. The van der Waals surface area contributed by atoms with Gasteiger partial charge in [-0.05, 0) is 12.3 Å².